The molecule has 0 aliphatic heterocycles. The fraction of sp³-hybridized carbons (Fsp3) is 0.250. The van der Waals surface area contributed by atoms with Gasteiger partial charge in [0.25, 0.3) is 0 Å². The maximum absolute atomic E-state index is 12.6. The predicted octanol–water partition coefficient (Wildman–Crippen LogP) is 4.40. The molecule has 7 nitrogen and oxygen atoms in total. The third-order valence-corrected chi connectivity index (χ3v) is 4.30. The van der Waals surface area contributed by atoms with Crippen molar-refractivity contribution in [2.45, 2.75) is 26.6 Å². The third kappa shape index (κ3) is 7.62. The van der Waals surface area contributed by atoms with Crippen LogP contribution in [0.2, 0.25) is 5.02 Å². The molecule has 166 valence electrons. The molecule has 0 saturated heterocycles. The van der Waals surface area contributed by atoms with Crippen LogP contribution in [0.25, 0.3) is 5.69 Å². The molecule has 11 heteroatoms. The summed E-state index contributed by atoms with van der Waals surface area (Å²) in [4.78, 5) is 8.47. The minimum atomic E-state index is -2.91. The van der Waals surface area contributed by atoms with Gasteiger partial charge in [-0.15, -0.1) is 24.0 Å². The summed E-state index contributed by atoms with van der Waals surface area (Å²) in [6.45, 7) is 0.331. The summed E-state index contributed by atoms with van der Waals surface area (Å²) in [5.74, 6) is 0.613. The lowest BCUT2D eigenvalue weighted by Gasteiger charge is -2.15. The van der Waals surface area contributed by atoms with Crippen molar-refractivity contribution in [3.05, 3.63) is 71.3 Å². The van der Waals surface area contributed by atoms with E-state index in [1.54, 1.807) is 17.1 Å². The Kier molecular flexibility index (Phi) is 9.92. The van der Waals surface area contributed by atoms with E-state index in [4.69, 9.17) is 11.6 Å². The molecule has 0 saturated carbocycles. The van der Waals surface area contributed by atoms with Crippen LogP contribution >= 0.6 is 35.6 Å². The maximum Gasteiger partial charge on any atom is 0.387 e. The van der Waals surface area contributed by atoms with Crippen LogP contribution in [0.5, 0.6) is 5.75 Å². The van der Waals surface area contributed by atoms with Crippen molar-refractivity contribution < 1.29 is 13.5 Å². The average molecular weight is 563 g/mol. The normalized spacial score (nSPS) is 11.2. The van der Waals surface area contributed by atoms with E-state index in [9.17, 15) is 8.78 Å². The highest BCUT2D eigenvalue weighted by Crippen LogP contribution is 2.24. The van der Waals surface area contributed by atoms with Crippen LogP contribution in [-0.4, -0.2) is 33.9 Å². The Morgan fingerprint density at radius 1 is 1.19 bits per heavy atom. The van der Waals surface area contributed by atoms with Gasteiger partial charge in [-0.3, -0.25) is 0 Å². The van der Waals surface area contributed by atoms with E-state index in [1.807, 2.05) is 31.2 Å². The number of ether oxygens (including phenoxy) is 1. The predicted molar refractivity (Wildman–Crippen MR) is 127 cm³/mol. The van der Waals surface area contributed by atoms with Gasteiger partial charge in [-0.25, -0.2) is 14.7 Å². The van der Waals surface area contributed by atoms with Crippen LogP contribution < -0.4 is 15.4 Å². The number of guanidine groups is 1. The highest BCUT2D eigenvalue weighted by atomic mass is 127. The number of alkyl halides is 2. The molecule has 0 fully saturated rings. The van der Waals surface area contributed by atoms with Gasteiger partial charge in [-0.1, -0.05) is 23.7 Å². The monoisotopic (exact) mass is 562 g/mol. The largest absolute Gasteiger partial charge is 0.434 e. The quantitative estimate of drug-likeness (QED) is 0.242. The molecule has 0 radical (unpaired) electrons. The third-order valence-electron chi connectivity index (χ3n) is 4.07. The van der Waals surface area contributed by atoms with Crippen LogP contribution in [0.4, 0.5) is 8.78 Å². The minimum Gasteiger partial charge on any atom is -0.434 e. The molecule has 0 spiro atoms. The summed E-state index contributed by atoms with van der Waals surface area (Å²) in [5, 5.41) is 10.8. The molecule has 0 aliphatic rings. The van der Waals surface area contributed by atoms with E-state index in [0.717, 1.165) is 11.3 Å². The number of rotatable bonds is 8. The molecule has 3 aromatic rings. The zero-order chi connectivity index (χ0) is 21.3. The van der Waals surface area contributed by atoms with Gasteiger partial charge in [-0.2, -0.15) is 13.9 Å². The Bertz CT molecular complexity index is 970. The van der Waals surface area contributed by atoms with Crippen LogP contribution in [-0.2, 0) is 13.1 Å². The zero-order valence-corrected chi connectivity index (χ0v) is 19.7. The highest BCUT2D eigenvalue weighted by molar-refractivity contribution is 14.0. The molecule has 0 amide bonds. The van der Waals surface area contributed by atoms with Crippen molar-refractivity contribution in [1.29, 1.82) is 0 Å². The van der Waals surface area contributed by atoms with Crippen molar-refractivity contribution in [1.82, 2.24) is 25.4 Å². The van der Waals surface area contributed by atoms with E-state index in [0.29, 0.717) is 29.6 Å². The van der Waals surface area contributed by atoms with Crippen molar-refractivity contribution in [2.24, 2.45) is 4.99 Å². The first kappa shape index (κ1) is 24.8. The van der Waals surface area contributed by atoms with Gasteiger partial charge >= 0.3 is 6.61 Å². The van der Waals surface area contributed by atoms with Gasteiger partial charge in [0.15, 0.2) is 5.96 Å². The van der Waals surface area contributed by atoms with Crippen molar-refractivity contribution in [2.75, 3.05) is 6.54 Å². The summed E-state index contributed by atoms with van der Waals surface area (Å²) < 4.78 is 31.5. The molecular formula is C20H22ClF2IN6O. The Hall–Kier alpha value is -2.47. The zero-order valence-electron chi connectivity index (χ0n) is 16.6. The average Bonchev–Trinajstić information content (AvgIpc) is 3.27. The molecule has 0 atom stereocenters. The number of benzene rings is 2. The first-order valence-electron chi connectivity index (χ1n) is 9.24. The number of hydrogen-bond donors (Lipinski definition) is 2. The number of hydrogen-bond acceptors (Lipinski definition) is 4. The Balaban J connectivity index is 0.00000341. The Labute approximate surface area is 200 Å². The molecule has 2 aromatic carbocycles. The van der Waals surface area contributed by atoms with E-state index in [-0.39, 0.29) is 36.3 Å². The number of halogens is 4. The van der Waals surface area contributed by atoms with Gasteiger partial charge in [-0.05, 0) is 42.8 Å². The van der Waals surface area contributed by atoms with Gasteiger partial charge < -0.3 is 15.4 Å². The van der Waals surface area contributed by atoms with E-state index < -0.39 is 6.61 Å². The minimum absolute atomic E-state index is 0. The molecule has 2 N–H and O–H groups in total. The second-order valence-corrected chi connectivity index (χ2v) is 6.62. The number of aromatic nitrogens is 3. The van der Waals surface area contributed by atoms with E-state index >= 15 is 0 Å². The highest BCUT2D eigenvalue weighted by Gasteiger charge is 2.11. The molecule has 1 heterocycles. The SMILES string of the molecule is CCNC(=NCc1ccc(-n2cncn2)cc1)NCc1cc(Cl)ccc1OC(F)F.I. The first-order valence-corrected chi connectivity index (χ1v) is 9.62. The van der Waals surface area contributed by atoms with Crippen molar-refractivity contribution in [3.63, 3.8) is 0 Å². The van der Waals surface area contributed by atoms with Crippen LogP contribution in [0.3, 0.4) is 0 Å². The summed E-state index contributed by atoms with van der Waals surface area (Å²) in [6.07, 6.45) is 3.10. The number of nitrogens with zero attached hydrogens (tertiary/aromatic N) is 4. The van der Waals surface area contributed by atoms with Crippen LogP contribution in [0.1, 0.15) is 18.1 Å². The van der Waals surface area contributed by atoms with Crippen molar-refractivity contribution in [3.8, 4) is 11.4 Å². The molecule has 0 bridgehead atoms. The van der Waals surface area contributed by atoms with Gasteiger partial charge in [0.05, 0.1) is 12.2 Å². The van der Waals surface area contributed by atoms with E-state index in [2.05, 4.69) is 30.4 Å². The standard InChI is InChI=1S/C20H21ClF2N6O.HI/c1-2-25-20(27-11-15-9-16(21)5-8-18(15)30-19(22)23)26-10-14-3-6-17(7-4-14)29-13-24-12-28-29;/h3-9,12-13,19H,2,10-11H2,1H3,(H2,25,26,27);1H. The van der Waals surface area contributed by atoms with E-state index in [1.165, 1.54) is 18.5 Å². The van der Waals surface area contributed by atoms with Crippen LogP contribution in [0, 0.1) is 0 Å². The summed E-state index contributed by atoms with van der Waals surface area (Å²) in [6, 6.07) is 12.3. The molecule has 0 aliphatic carbocycles. The summed E-state index contributed by atoms with van der Waals surface area (Å²) in [5.41, 5.74) is 2.41. The fourth-order valence-electron chi connectivity index (χ4n) is 2.68. The summed E-state index contributed by atoms with van der Waals surface area (Å²) in [7, 11) is 0. The lowest BCUT2D eigenvalue weighted by molar-refractivity contribution is -0.0504. The molecule has 1 aromatic heterocycles. The maximum atomic E-state index is 12.6. The summed E-state index contributed by atoms with van der Waals surface area (Å²) >= 11 is 5.99. The Morgan fingerprint density at radius 3 is 2.61 bits per heavy atom. The van der Waals surface area contributed by atoms with Crippen LogP contribution in [0.15, 0.2) is 60.1 Å². The second-order valence-electron chi connectivity index (χ2n) is 6.19. The molecule has 3 rings (SSSR count). The Morgan fingerprint density at radius 2 is 1.97 bits per heavy atom. The number of nitrogens with one attached hydrogen (secondary N) is 2. The number of aliphatic imine (C=N–C) groups is 1. The molecule has 31 heavy (non-hydrogen) atoms. The smallest absolute Gasteiger partial charge is 0.387 e. The lowest BCUT2D eigenvalue weighted by atomic mass is 10.2. The van der Waals surface area contributed by atoms with Crippen molar-refractivity contribution >= 4 is 41.5 Å². The fourth-order valence-corrected chi connectivity index (χ4v) is 2.88. The van der Waals surface area contributed by atoms with Gasteiger partial charge in [0, 0.05) is 23.7 Å². The first-order chi connectivity index (χ1) is 14.5. The molecular weight excluding hydrogens is 541 g/mol. The second kappa shape index (κ2) is 12.4. The van der Waals surface area contributed by atoms with Gasteiger partial charge in [0.2, 0.25) is 0 Å². The topological polar surface area (TPSA) is 76.4 Å². The van der Waals surface area contributed by atoms with Gasteiger partial charge in [0.1, 0.15) is 18.4 Å². The molecule has 0 unspecified atom stereocenters. The lowest BCUT2D eigenvalue weighted by Crippen LogP contribution is -2.36.